The molecule has 0 bridgehead atoms. The second kappa shape index (κ2) is 11.2. The summed E-state index contributed by atoms with van der Waals surface area (Å²) >= 11 is 0. The van der Waals surface area contributed by atoms with Gasteiger partial charge in [0.15, 0.2) is 0 Å². The Hall–Kier alpha value is -2.04. The fourth-order valence-electron chi connectivity index (χ4n) is 3.52. The molecule has 1 aliphatic rings. The molecule has 1 aromatic rings. The average Bonchev–Trinajstić information content (AvgIpc) is 3.21. The Morgan fingerprint density at radius 3 is 2.44 bits per heavy atom. The minimum absolute atomic E-state index is 0.145. The zero-order valence-electron chi connectivity index (χ0n) is 19.2. The lowest BCUT2D eigenvalue weighted by Crippen LogP contribution is -2.56. The number of benzene rings is 1. The predicted molar refractivity (Wildman–Crippen MR) is 119 cm³/mol. The number of halogens is 1. The normalized spacial score (nSPS) is 17.7. The third kappa shape index (κ3) is 7.83. The molecular formula is C22H34FN3O5S. The number of nitrogens with zero attached hydrogens (tertiary/aromatic N) is 1. The first-order chi connectivity index (χ1) is 14.9. The van der Waals surface area contributed by atoms with Gasteiger partial charge < -0.3 is 15.0 Å². The maximum Gasteiger partial charge on any atom is 0.243 e. The molecule has 10 heteroatoms. The van der Waals surface area contributed by atoms with Crippen LogP contribution in [0.25, 0.3) is 0 Å². The zero-order chi connectivity index (χ0) is 23.9. The van der Waals surface area contributed by atoms with E-state index in [1.807, 2.05) is 27.7 Å². The van der Waals surface area contributed by atoms with Crippen LogP contribution in [0.2, 0.25) is 0 Å². The van der Waals surface area contributed by atoms with Crippen molar-refractivity contribution < 1.29 is 27.1 Å². The molecule has 1 aliphatic heterocycles. The Kier molecular flexibility index (Phi) is 9.18. The van der Waals surface area contributed by atoms with Gasteiger partial charge in [0.25, 0.3) is 0 Å². The molecule has 8 nitrogen and oxygen atoms in total. The number of ether oxygens (including phenoxy) is 1. The Morgan fingerprint density at radius 1 is 1.25 bits per heavy atom. The number of carbonyl (C=O) groups is 2. The van der Waals surface area contributed by atoms with Crippen molar-refractivity contribution in [2.75, 3.05) is 19.7 Å². The van der Waals surface area contributed by atoms with E-state index in [1.165, 1.54) is 4.90 Å². The molecule has 2 amide bonds. The van der Waals surface area contributed by atoms with Crippen molar-refractivity contribution >= 4 is 21.8 Å². The van der Waals surface area contributed by atoms with Gasteiger partial charge in [-0.05, 0) is 64.3 Å². The molecule has 1 aromatic carbocycles. The number of hydrogen-bond donors (Lipinski definition) is 2. The molecule has 2 atom stereocenters. The van der Waals surface area contributed by atoms with E-state index in [-0.39, 0.29) is 23.5 Å². The summed E-state index contributed by atoms with van der Waals surface area (Å²) in [5, 5.41) is 2.92. The summed E-state index contributed by atoms with van der Waals surface area (Å²) in [7, 11) is -4.02. The number of sulfonamides is 1. The summed E-state index contributed by atoms with van der Waals surface area (Å²) in [4.78, 5) is 27.4. The van der Waals surface area contributed by atoms with E-state index in [0.29, 0.717) is 19.4 Å². The van der Waals surface area contributed by atoms with Gasteiger partial charge in [0, 0.05) is 18.7 Å². The van der Waals surface area contributed by atoms with E-state index in [4.69, 9.17) is 4.74 Å². The molecule has 0 saturated carbocycles. The largest absolute Gasteiger partial charge is 0.376 e. The molecule has 2 N–H and O–H groups in total. The third-order valence-corrected chi connectivity index (χ3v) is 6.44. The van der Waals surface area contributed by atoms with Crippen LogP contribution in [0.3, 0.4) is 0 Å². The Balaban J connectivity index is 2.20. The van der Waals surface area contributed by atoms with Crippen LogP contribution < -0.4 is 10.0 Å². The summed E-state index contributed by atoms with van der Waals surface area (Å²) < 4.78 is 46.1. The van der Waals surface area contributed by atoms with Crippen LogP contribution in [0.1, 0.15) is 53.4 Å². The van der Waals surface area contributed by atoms with Gasteiger partial charge in [-0.3, -0.25) is 9.59 Å². The van der Waals surface area contributed by atoms with Crippen LogP contribution in [0.4, 0.5) is 4.39 Å². The van der Waals surface area contributed by atoms with Crippen molar-refractivity contribution in [2.45, 2.75) is 76.0 Å². The van der Waals surface area contributed by atoms with E-state index in [9.17, 15) is 22.4 Å². The van der Waals surface area contributed by atoms with Gasteiger partial charge in [-0.15, -0.1) is 0 Å². The summed E-state index contributed by atoms with van der Waals surface area (Å²) in [6.07, 6.45) is 2.54. The summed E-state index contributed by atoms with van der Waals surface area (Å²) in [6.45, 7) is 7.78. The quantitative estimate of drug-likeness (QED) is 0.544. The van der Waals surface area contributed by atoms with Gasteiger partial charge in [0.05, 0.1) is 17.5 Å². The minimum atomic E-state index is -4.02. The summed E-state index contributed by atoms with van der Waals surface area (Å²) in [6, 6.07) is 3.58. The molecule has 0 unspecified atom stereocenters. The first-order valence-corrected chi connectivity index (χ1v) is 12.4. The van der Waals surface area contributed by atoms with E-state index in [2.05, 4.69) is 10.0 Å². The van der Waals surface area contributed by atoms with E-state index in [1.54, 1.807) is 0 Å². The SMILES string of the molecule is CCC[C@H](C(=O)NC(C)(C)C)N(C[C@@H]1CCCO1)C(=O)CNS(=O)(=O)c1ccc(F)cc1. The second-order valence-electron chi connectivity index (χ2n) is 9.00. The van der Waals surface area contributed by atoms with Gasteiger partial charge in [0.2, 0.25) is 21.8 Å². The van der Waals surface area contributed by atoms with E-state index < -0.39 is 39.9 Å². The van der Waals surface area contributed by atoms with Gasteiger partial charge in [-0.25, -0.2) is 17.5 Å². The van der Waals surface area contributed by atoms with Crippen molar-refractivity contribution in [1.82, 2.24) is 14.9 Å². The fraction of sp³-hybridized carbons (Fsp3) is 0.636. The van der Waals surface area contributed by atoms with Crippen molar-refractivity contribution in [3.63, 3.8) is 0 Å². The maximum absolute atomic E-state index is 13.2. The number of carbonyl (C=O) groups excluding carboxylic acids is 2. The van der Waals surface area contributed by atoms with Gasteiger partial charge in [-0.2, -0.15) is 0 Å². The van der Waals surface area contributed by atoms with Crippen molar-refractivity contribution in [3.05, 3.63) is 30.1 Å². The smallest absolute Gasteiger partial charge is 0.243 e. The number of amides is 2. The number of rotatable bonds is 10. The highest BCUT2D eigenvalue weighted by Gasteiger charge is 2.34. The lowest BCUT2D eigenvalue weighted by molar-refractivity contribution is -0.142. The van der Waals surface area contributed by atoms with Crippen LogP contribution in [0.5, 0.6) is 0 Å². The average molecular weight is 472 g/mol. The highest BCUT2D eigenvalue weighted by Crippen LogP contribution is 2.18. The molecule has 32 heavy (non-hydrogen) atoms. The fourth-order valence-corrected chi connectivity index (χ4v) is 4.50. The Labute approximate surface area is 189 Å². The second-order valence-corrected chi connectivity index (χ2v) is 10.8. The molecule has 180 valence electrons. The van der Waals surface area contributed by atoms with Crippen LogP contribution in [0.15, 0.2) is 29.2 Å². The Morgan fingerprint density at radius 2 is 1.91 bits per heavy atom. The molecule has 2 rings (SSSR count). The molecule has 1 heterocycles. The standard InChI is InChI=1S/C22H34FN3O5S/c1-5-7-19(21(28)25-22(2,3)4)26(15-17-8-6-13-31-17)20(27)14-24-32(29,30)18-11-9-16(23)10-12-18/h9-12,17,19,24H,5-8,13-15H2,1-4H3,(H,25,28)/t17-,19+/m0/s1. The van der Waals surface area contributed by atoms with Gasteiger partial charge in [-0.1, -0.05) is 13.3 Å². The lowest BCUT2D eigenvalue weighted by atomic mass is 10.0. The molecule has 1 fully saturated rings. The molecule has 0 spiro atoms. The maximum atomic E-state index is 13.2. The van der Waals surface area contributed by atoms with Crippen LogP contribution >= 0.6 is 0 Å². The predicted octanol–water partition coefficient (Wildman–Crippen LogP) is 2.20. The number of hydrogen-bond acceptors (Lipinski definition) is 5. The first kappa shape index (κ1) is 26.2. The highest BCUT2D eigenvalue weighted by molar-refractivity contribution is 7.89. The van der Waals surface area contributed by atoms with Crippen LogP contribution in [0, 0.1) is 5.82 Å². The van der Waals surface area contributed by atoms with Gasteiger partial charge in [0.1, 0.15) is 11.9 Å². The van der Waals surface area contributed by atoms with Crippen molar-refractivity contribution in [2.24, 2.45) is 0 Å². The van der Waals surface area contributed by atoms with Crippen LogP contribution in [-0.4, -0.2) is 62.5 Å². The van der Waals surface area contributed by atoms with E-state index in [0.717, 1.165) is 37.1 Å². The molecule has 0 radical (unpaired) electrons. The summed E-state index contributed by atoms with van der Waals surface area (Å²) in [5.41, 5.74) is -0.480. The molecular weight excluding hydrogens is 437 g/mol. The topological polar surface area (TPSA) is 105 Å². The third-order valence-electron chi connectivity index (χ3n) is 5.02. The Bertz CT molecular complexity index is 878. The van der Waals surface area contributed by atoms with Crippen molar-refractivity contribution in [1.29, 1.82) is 0 Å². The zero-order valence-corrected chi connectivity index (χ0v) is 20.0. The molecule has 1 saturated heterocycles. The highest BCUT2D eigenvalue weighted by atomic mass is 32.2. The lowest BCUT2D eigenvalue weighted by Gasteiger charge is -2.34. The van der Waals surface area contributed by atoms with Crippen LogP contribution in [-0.2, 0) is 24.3 Å². The molecule has 0 aliphatic carbocycles. The van der Waals surface area contributed by atoms with Gasteiger partial charge >= 0.3 is 0 Å². The monoisotopic (exact) mass is 471 g/mol. The number of nitrogens with one attached hydrogen (secondary N) is 2. The molecule has 0 aromatic heterocycles. The minimum Gasteiger partial charge on any atom is -0.376 e. The summed E-state index contributed by atoms with van der Waals surface area (Å²) in [5.74, 6) is -1.36. The van der Waals surface area contributed by atoms with E-state index >= 15 is 0 Å². The van der Waals surface area contributed by atoms with Crippen molar-refractivity contribution in [3.8, 4) is 0 Å². The first-order valence-electron chi connectivity index (χ1n) is 10.9.